The lowest BCUT2D eigenvalue weighted by molar-refractivity contribution is -0.124. The Kier molecular flexibility index (Phi) is 5.71. The van der Waals surface area contributed by atoms with Crippen molar-refractivity contribution >= 4 is 23.5 Å². The monoisotopic (exact) mass is 292 g/mol. The summed E-state index contributed by atoms with van der Waals surface area (Å²) in [5, 5.41) is 4.95. The summed E-state index contributed by atoms with van der Waals surface area (Å²) >= 11 is 0. The second-order valence-electron chi connectivity index (χ2n) is 4.77. The molecule has 0 spiro atoms. The first kappa shape index (κ1) is 16.5. The summed E-state index contributed by atoms with van der Waals surface area (Å²) in [6.45, 7) is 2.04. The topological polar surface area (TPSA) is 105 Å². The highest BCUT2D eigenvalue weighted by molar-refractivity contribution is 5.96. The number of carbonyl (C=O) groups is 3. The largest absolute Gasteiger partial charge is 0.359 e. The summed E-state index contributed by atoms with van der Waals surface area (Å²) in [5.41, 5.74) is 5.89. The first-order valence-corrected chi connectivity index (χ1v) is 6.48. The molecule has 0 radical (unpaired) electrons. The smallest absolute Gasteiger partial charge is 0.316 e. The van der Waals surface area contributed by atoms with E-state index >= 15 is 0 Å². The average Bonchev–Trinajstić information content (AvgIpc) is 2.44. The second kappa shape index (κ2) is 7.28. The minimum Gasteiger partial charge on any atom is -0.359 e. The Morgan fingerprint density at radius 3 is 2.57 bits per heavy atom. The maximum Gasteiger partial charge on any atom is 0.316 e. The van der Waals surface area contributed by atoms with Gasteiger partial charge in [-0.2, -0.15) is 0 Å². The van der Waals surface area contributed by atoms with Crippen LogP contribution in [0.5, 0.6) is 0 Å². The zero-order valence-corrected chi connectivity index (χ0v) is 12.3. The summed E-state index contributed by atoms with van der Waals surface area (Å²) in [5.74, 6) is -0.673. The number of hydrogen-bond acceptors (Lipinski definition) is 3. The van der Waals surface area contributed by atoms with Gasteiger partial charge in [0.25, 0.3) is 5.91 Å². The van der Waals surface area contributed by atoms with E-state index in [-0.39, 0.29) is 17.7 Å². The van der Waals surface area contributed by atoms with Crippen LogP contribution in [-0.2, 0) is 4.79 Å². The second-order valence-corrected chi connectivity index (χ2v) is 4.77. The number of hydrogen-bond donors (Lipinski definition) is 3. The van der Waals surface area contributed by atoms with Crippen molar-refractivity contribution < 1.29 is 14.4 Å². The molecular weight excluding hydrogens is 272 g/mol. The molecule has 0 fully saturated rings. The number of primary amides is 1. The predicted molar refractivity (Wildman–Crippen MR) is 79.8 cm³/mol. The Bertz CT molecular complexity index is 545. The summed E-state index contributed by atoms with van der Waals surface area (Å²) in [7, 11) is 3.18. The molecule has 1 rings (SSSR count). The Hall–Kier alpha value is -2.57. The van der Waals surface area contributed by atoms with Crippen LogP contribution in [0.1, 0.15) is 17.3 Å². The molecule has 0 saturated carbocycles. The van der Waals surface area contributed by atoms with Gasteiger partial charge in [-0.25, -0.2) is 4.79 Å². The standard InChI is InChI=1S/C14H20N4O3/c1-9(12(19)16-2)8-18(3)13(20)10-5-4-6-11(7-10)17-14(15)21/h4-7,9H,8H2,1-3H3,(H,16,19)(H3,15,17,21). The molecule has 114 valence electrons. The van der Waals surface area contributed by atoms with Crippen LogP contribution in [0.15, 0.2) is 24.3 Å². The van der Waals surface area contributed by atoms with E-state index in [0.717, 1.165) is 0 Å². The molecule has 0 aromatic heterocycles. The highest BCUT2D eigenvalue weighted by atomic mass is 16.2. The number of anilines is 1. The Labute approximate surface area is 123 Å². The van der Waals surface area contributed by atoms with E-state index in [0.29, 0.717) is 17.8 Å². The lowest BCUT2D eigenvalue weighted by Crippen LogP contribution is -2.37. The highest BCUT2D eigenvalue weighted by Crippen LogP contribution is 2.13. The molecule has 0 aliphatic heterocycles. The van der Waals surface area contributed by atoms with E-state index < -0.39 is 6.03 Å². The molecule has 0 saturated heterocycles. The van der Waals surface area contributed by atoms with E-state index in [4.69, 9.17) is 5.73 Å². The number of rotatable bonds is 5. The van der Waals surface area contributed by atoms with E-state index in [1.165, 1.54) is 11.0 Å². The van der Waals surface area contributed by atoms with Gasteiger partial charge < -0.3 is 21.3 Å². The highest BCUT2D eigenvalue weighted by Gasteiger charge is 2.18. The van der Waals surface area contributed by atoms with Gasteiger partial charge in [0.05, 0.1) is 5.92 Å². The van der Waals surface area contributed by atoms with Crippen LogP contribution in [0.4, 0.5) is 10.5 Å². The molecule has 1 aromatic rings. The maximum absolute atomic E-state index is 12.3. The molecule has 7 heteroatoms. The predicted octanol–water partition coefficient (Wildman–Crippen LogP) is 0.631. The van der Waals surface area contributed by atoms with Crippen molar-refractivity contribution in [2.75, 3.05) is 26.0 Å². The number of carbonyl (C=O) groups excluding carboxylic acids is 3. The molecule has 1 atom stereocenters. The fourth-order valence-electron chi connectivity index (χ4n) is 1.92. The number of nitrogens with zero attached hydrogens (tertiary/aromatic N) is 1. The third-order valence-electron chi connectivity index (χ3n) is 2.97. The first-order valence-electron chi connectivity index (χ1n) is 6.48. The lowest BCUT2D eigenvalue weighted by atomic mass is 10.1. The van der Waals surface area contributed by atoms with Crippen molar-refractivity contribution in [3.63, 3.8) is 0 Å². The van der Waals surface area contributed by atoms with Gasteiger partial charge in [0, 0.05) is 31.9 Å². The Morgan fingerprint density at radius 1 is 1.33 bits per heavy atom. The molecule has 1 aromatic carbocycles. The van der Waals surface area contributed by atoms with Crippen LogP contribution in [0, 0.1) is 5.92 Å². The van der Waals surface area contributed by atoms with Gasteiger partial charge in [-0.1, -0.05) is 13.0 Å². The quantitative estimate of drug-likeness (QED) is 0.741. The van der Waals surface area contributed by atoms with E-state index in [2.05, 4.69) is 10.6 Å². The third-order valence-corrected chi connectivity index (χ3v) is 2.97. The first-order chi connectivity index (χ1) is 9.85. The third kappa shape index (κ3) is 4.79. The number of benzene rings is 1. The molecule has 0 aliphatic rings. The average molecular weight is 292 g/mol. The summed E-state index contributed by atoms with van der Waals surface area (Å²) < 4.78 is 0. The Morgan fingerprint density at radius 2 is 2.00 bits per heavy atom. The van der Waals surface area contributed by atoms with Gasteiger partial charge in [0.2, 0.25) is 5.91 Å². The minimum absolute atomic E-state index is 0.126. The van der Waals surface area contributed by atoms with Gasteiger partial charge in [0.1, 0.15) is 0 Å². The molecule has 0 aliphatic carbocycles. The number of amides is 4. The van der Waals surface area contributed by atoms with Gasteiger partial charge >= 0.3 is 6.03 Å². The minimum atomic E-state index is -0.693. The van der Waals surface area contributed by atoms with Gasteiger partial charge in [-0.05, 0) is 18.2 Å². The molecule has 0 bridgehead atoms. The fraction of sp³-hybridized carbons (Fsp3) is 0.357. The lowest BCUT2D eigenvalue weighted by Gasteiger charge is -2.21. The summed E-state index contributed by atoms with van der Waals surface area (Å²) in [6, 6.07) is 5.76. The van der Waals surface area contributed by atoms with Crippen LogP contribution in [0.2, 0.25) is 0 Å². The number of nitrogens with one attached hydrogen (secondary N) is 2. The van der Waals surface area contributed by atoms with Crippen LogP contribution in [0.25, 0.3) is 0 Å². The molecule has 4 N–H and O–H groups in total. The number of nitrogens with two attached hydrogens (primary N) is 1. The Balaban J connectivity index is 2.78. The summed E-state index contributed by atoms with van der Waals surface area (Å²) in [4.78, 5) is 36.0. The van der Waals surface area contributed by atoms with Crippen molar-refractivity contribution in [3.05, 3.63) is 29.8 Å². The zero-order chi connectivity index (χ0) is 16.0. The molecule has 1 unspecified atom stereocenters. The van der Waals surface area contributed by atoms with Crippen molar-refractivity contribution in [3.8, 4) is 0 Å². The molecule has 7 nitrogen and oxygen atoms in total. The maximum atomic E-state index is 12.3. The SMILES string of the molecule is CNC(=O)C(C)CN(C)C(=O)c1cccc(NC(N)=O)c1. The molecule has 0 heterocycles. The van der Waals surface area contributed by atoms with Crippen LogP contribution >= 0.6 is 0 Å². The van der Waals surface area contributed by atoms with Gasteiger partial charge in [0.15, 0.2) is 0 Å². The normalized spacial score (nSPS) is 11.4. The molecule has 21 heavy (non-hydrogen) atoms. The van der Waals surface area contributed by atoms with E-state index in [1.54, 1.807) is 39.2 Å². The molecule has 4 amide bonds. The van der Waals surface area contributed by atoms with Crippen LogP contribution in [0.3, 0.4) is 0 Å². The number of urea groups is 1. The van der Waals surface area contributed by atoms with Crippen molar-refractivity contribution in [1.29, 1.82) is 0 Å². The van der Waals surface area contributed by atoms with Crippen molar-refractivity contribution in [2.45, 2.75) is 6.92 Å². The van der Waals surface area contributed by atoms with E-state index in [1.807, 2.05) is 0 Å². The van der Waals surface area contributed by atoms with Gasteiger partial charge in [-0.15, -0.1) is 0 Å². The van der Waals surface area contributed by atoms with Crippen LogP contribution < -0.4 is 16.4 Å². The fourth-order valence-corrected chi connectivity index (χ4v) is 1.92. The van der Waals surface area contributed by atoms with Crippen molar-refractivity contribution in [1.82, 2.24) is 10.2 Å². The summed E-state index contributed by atoms with van der Waals surface area (Å²) in [6.07, 6.45) is 0. The zero-order valence-electron chi connectivity index (χ0n) is 12.3. The molecular formula is C14H20N4O3. The van der Waals surface area contributed by atoms with Gasteiger partial charge in [-0.3, -0.25) is 9.59 Å². The van der Waals surface area contributed by atoms with Crippen LogP contribution in [-0.4, -0.2) is 43.4 Å². The van der Waals surface area contributed by atoms with E-state index in [9.17, 15) is 14.4 Å². The van der Waals surface area contributed by atoms with Crippen molar-refractivity contribution in [2.24, 2.45) is 11.7 Å².